The van der Waals surface area contributed by atoms with Gasteiger partial charge in [-0.3, -0.25) is 0 Å². The molecule has 1 aromatic carbocycles. The van der Waals surface area contributed by atoms with Gasteiger partial charge < -0.3 is 10.0 Å². The Balaban J connectivity index is 0.00000176. The first-order valence-corrected chi connectivity index (χ1v) is 8.80. The van der Waals surface area contributed by atoms with Gasteiger partial charge >= 0.3 is 5.97 Å². The van der Waals surface area contributed by atoms with Gasteiger partial charge in [-0.05, 0) is 37.5 Å². The zero-order valence-electron chi connectivity index (χ0n) is 16.5. The molecule has 1 aromatic rings. The van der Waals surface area contributed by atoms with Crippen molar-refractivity contribution >= 4 is 11.8 Å². The van der Waals surface area contributed by atoms with Crippen molar-refractivity contribution in [3.63, 3.8) is 0 Å². The summed E-state index contributed by atoms with van der Waals surface area (Å²) in [6, 6.07) is 6.63. The topological polar surface area (TPSA) is 74.2 Å². The zero-order valence-corrected chi connectivity index (χ0v) is 16.5. The molecule has 2 rings (SSSR count). The maximum atomic E-state index is 11.1. The molecule has 0 fully saturated rings. The molecule has 2 N–H and O–H groups in total. The number of benzene rings is 1. The minimum Gasteiger partial charge on any atom is -0.478 e. The van der Waals surface area contributed by atoms with Gasteiger partial charge in [0.05, 0.1) is 5.56 Å². The van der Waals surface area contributed by atoms with E-state index in [1.807, 2.05) is 27.1 Å². The first kappa shape index (κ1) is 22.2. The molecule has 6 heteroatoms. The number of hydroxylamine groups is 1. The average Bonchev–Trinajstić information content (AvgIpc) is 3.16. The number of rotatable bonds is 7. The third-order valence-corrected chi connectivity index (χ3v) is 4.09. The highest BCUT2D eigenvalue weighted by Gasteiger charge is 2.22. The van der Waals surface area contributed by atoms with E-state index in [0.29, 0.717) is 11.4 Å². The lowest BCUT2D eigenvalue weighted by Crippen LogP contribution is -2.20. The van der Waals surface area contributed by atoms with Crippen molar-refractivity contribution in [3.05, 3.63) is 72.0 Å². The molecule has 1 unspecified atom stereocenters. The summed E-state index contributed by atoms with van der Waals surface area (Å²) in [5, 5.41) is 9.11. The highest BCUT2D eigenvalue weighted by atomic mass is 16.7. The standard InChI is InChI=1S/C19H25N3O3.C2H4/c1-5-13(10-11-16(6-2)22(3)4)18-20-17(21-25-18)14-8-7-9-15(12-14)19(23)24;1-2/h5,7-9,11-12,18H,6,10H2,1-4H3,(H,20,21)(H,23,24);1-2H2/b13-5+,16-11+;. The largest absolute Gasteiger partial charge is 0.478 e. The van der Waals surface area contributed by atoms with Gasteiger partial charge in [-0.2, -0.15) is 0 Å². The second kappa shape index (κ2) is 11.0. The Labute approximate surface area is 161 Å². The molecular weight excluding hydrogens is 342 g/mol. The Kier molecular flexibility index (Phi) is 9.02. The normalized spacial score (nSPS) is 16.7. The van der Waals surface area contributed by atoms with Crippen LogP contribution in [0.2, 0.25) is 0 Å². The van der Waals surface area contributed by atoms with Gasteiger partial charge in [-0.25, -0.2) is 20.1 Å². The van der Waals surface area contributed by atoms with Gasteiger partial charge in [0.15, 0.2) is 12.1 Å². The molecule has 0 bridgehead atoms. The Bertz CT molecular complexity index is 736. The quantitative estimate of drug-likeness (QED) is 0.709. The maximum Gasteiger partial charge on any atom is 0.335 e. The second-order valence-electron chi connectivity index (χ2n) is 5.95. The van der Waals surface area contributed by atoms with Crippen LogP contribution in [0, 0.1) is 0 Å². The van der Waals surface area contributed by atoms with Gasteiger partial charge in [-0.15, -0.1) is 13.2 Å². The van der Waals surface area contributed by atoms with Crippen LogP contribution in [0.4, 0.5) is 0 Å². The number of hydrogen-bond acceptors (Lipinski definition) is 5. The van der Waals surface area contributed by atoms with Crippen LogP contribution in [0.5, 0.6) is 0 Å². The number of nitrogens with zero attached hydrogens (tertiary/aromatic N) is 2. The molecule has 1 aliphatic rings. The van der Waals surface area contributed by atoms with Crippen LogP contribution in [0.1, 0.15) is 42.6 Å². The van der Waals surface area contributed by atoms with Gasteiger partial charge in [0.25, 0.3) is 0 Å². The number of allylic oxidation sites excluding steroid dienone is 3. The van der Waals surface area contributed by atoms with Crippen LogP contribution in [0.3, 0.4) is 0 Å². The summed E-state index contributed by atoms with van der Waals surface area (Å²) in [6.45, 7) is 10.1. The molecule has 0 aliphatic carbocycles. The predicted molar refractivity (Wildman–Crippen MR) is 110 cm³/mol. The Morgan fingerprint density at radius 2 is 2.11 bits per heavy atom. The van der Waals surface area contributed by atoms with E-state index < -0.39 is 12.2 Å². The van der Waals surface area contributed by atoms with Crippen molar-refractivity contribution in [2.75, 3.05) is 14.1 Å². The fourth-order valence-corrected chi connectivity index (χ4v) is 2.61. The van der Waals surface area contributed by atoms with Crippen LogP contribution in [0.25, 0.3) is 0 Å². The SMILES string of the molecule is C/C=C(\C/C=C(\CC)N(C)C)C1N=C(c2cccc(C(=O)O)c2)NO1.C=C. The number of carboxylic acid groups (broad SMARTS) is 1. The first-order valence-electron chi connectivity index (χ1n) is 8.80. The number of carbonyl (C=O) groups is 1. The number of hydrogen-bond donors (Lipinski definition) is 2. The minimum absolute atomic E-state index is 0.221. The number of carboxylic acids is 1. The molecule has 6 nitrogen and oxygen atoms in total. The summed E-state index contributed by atoms with van der Waals surface area (Å²) in [5.74, 6) is -0.423. The van der Waals surface area contributed by atoms with E-state index in [4.69, 9.17) is 9.94 Å². The lowest BCUT2D eigenvalue weighted by Gasteiger charge is -2.16. The number of aromatic carboxylic acids is 1. The molecule has 27 heavy (non-hydrogen) atoms. The van der Waals surface area contributed by atoms with Crippen molar-refractivity contribution in [3.8, 4) is 0 Å². The van der Waals surface area contributed by atoms with Crippen molar-refractivity contribution in [1.29, 1.82) is 0 Å². The highest BCUT2D eigenvalue weighted by molar-refractivity contribution is 6.01. The van der Waals surface area contributed by atoms with E-state index in [9.17, 15) is 4.79 Å². The van der Waals surface area contributed by atoms with E-state index >= 15 is 0 Å². The van der Waals surface area contributed by atoms with Gasteiger partial charge in [-0.1, -0.05) is 31.2 Å². The summed E-state index contributed by atoms with van der Waals surface area (Å²) < 4.78 is 0. The molecule has 1 aliphatic heterocycles. The van der Waals surface area contributed by atoms with E-state index in [2.05, 4.69) is 41.5 Å². The second-order valence-corrected chi connectivity index (χ2v) is 5.95. The monoisotopic (exact) mass is 371 g/mol. The summed E-state index contributed by atoms with van der Waals surface area (Å²) in [4.78, 5) is 23.4. The molecule has 0 saturated heterocycles. The lowest BCUT2D eigenvalue weighted by atomic mass is 10.1. The summed E-state index contributed by atoms with van der Waals surface area (Å²) in [5.41, 5.74) is 6.02. The Morgan fingerprint density at radius 3 is 2.67 bits per heavy atom. The van der Waals surface area contributed by atoms with Gasteiger partial charge in [0, 0.05) is 25.4 Å². The summed E-state index contributed by atoms with van der Waals surface area (Å²) >= 11 is 0. The number of amidine groups is 1. The molecule has 0 radical (unpaired) electrons. The van der Waals surface area contributed by atoms with Gasteiger partial charge in [0.2, 0.25) is 0 Å². The third-order valence-electron chi connectivity index (χ3n) is 4.09. The molecular formula is C21H29N3O3. The summed E-state index contributed by atoms with van der Waals surface area (Å²) in [7, 11) is 4.06. The van der Waals surface area contributed by atoms with Crippen LogP contribution in [-0.4, -0.2) is 42.1 Å². The van der Waals surface area contributed by atoms with E-state index in [0.717, 1.165) is 18.4 Å². The fourth-order valence-electron chi connectivity index (χ4n) is 2.61. The maximum absolute atomic E-state index is 11.1. The molecule has 1 atom stereocenters. The van der Waals surface area contributed by atoms with E-state index in [1.165, 1.54) is 5.70 Å². The molecule has 0 aromatic heterocycles. The van der Waals surface area contributed by atoms with Crippen LogP contribution in [-0.2, 0) is 4.84 Å². The molecule has 0 saturated carbocycles. The van der Waals surface area contributed by atoms with Crippen LogP contribution >= 0.6 is 0 Å². The average molecular weight is 371 g/mol. The smallest absolute Gasteiger partial charge is 0.335 e. The van der Waals surface area contributed by atoms with Gasteiger partial charge in [0.1, 0.15) is 0 Å². The molecule has 146 valence electrons. The first-order chi connectivity index (χ1) is 13.0. The van der Waals surface area contributed by atoms with Crippen LogP contribution in [0.15, 0.2) is 65.8 Å². The Morgan fingerprint density at radius 1 is 1.41 bits per heavy atom. The van der Waals surface area contributed by atoms with Crippen molar-refractivity contribution in [1.82, 2.24) is 10.4 Å². The highest BCUT2D eigenvalue weighted by Crippen LogP contribution is 2.20. The molecule has 0 amide bonds. The van der Waals surface area contributed by atoms with Crippen molar-refractivity contribution in [2.24, 2.45) is 4.99 Å². The molecule has 0 spiro atoms. The zero-order chi connectivity index (χ0) is 20.4. The molecule has 1 heterocycles. The van der Waals surface area contributed by atoms with Crippen molar-refractivity contribution < 1.29 is 14.7 Å². The minimum atomic E-state index is -0.965. The fraction of sp³-hybridized carbons (Fsp3) is 0.333. The lowest BCUT2D eigenvalue weighted by molar-refractivity contribution is 0.0594. The van der Waals surface area contributed by atoms with E-state index in [-0.39, 0.29) is 5.56 Å². The van der Waals surface area contributed by atoms with Crippen LogP contribution < -0.4 is 5.48 Å². The number of nitrogens with one attached hydrogen (secondary N) is 1. The predicted octanol–water partition coefficient (Wildman–Crippen LogP) is 3.99. The van der Waals surface area contributed by atoms with E-state index in [1.54, 1.807) is 24.3 Å². The third kappa shape index (κ3) is 6.11. The van der Waals surface area contributed by atoms with Crippen molar-refractivity contribution in [2.45, 2.75) is 32.9 Å². The summed E-state index contributed by atoms with van der Waals surface area (Å²) in [6.07, 6.45) is 5.48. The Hall–Kier alpha value is -2.86. The number of aliphatic imine (C=N–C) groups is 1.